The fourth-order valence-electron chi connectivity index (χ4n) is 0.400. The molecule has 0 unspecified atom stereocenters. The third-order valence-electron chi connectivity index (χ3n) is 0.791. The molecule has 0 bridgehead atoms. The van der Waals surface area contributed by atoms with Crippen LogP contribution < -0.4 is 5.73 Å². The summed E-state index contributed by atoms with van der Waals surface area (Å²) in [5, 5.41) is 0. The third kappa shape index (κ3) is 5.66. The predicted octanol–water partition coefficient (Wildman–Crippen LogP) is 0.538. The lowest BCUT2D eigenvalue weighted by Gasteiger charge is -1.88. The maximum Gasteiger partial charge on any atom is 0.0496 e. The molecule has 2 N–H and O–H groups in total. The van der Waals surface area contributed by atoms with E-state index < -0.39 is 0 Å². The Morgan fingerprint density at radius 2 is 2.25 bits per heavy atom. The van der Waals surface area contributed by atoms with Crippen molar-refractivity contribution in [1.29, 1.82) is 0 Å². The van der Waals surface area contributed by atoms with Gasteiger partial charge in [-0.25, -0.2) is 0 Å². The Hall–Kier alpha value is -0.340. The minimum absolute atomic E-state index is 0.629. The van der Waals surface area contributed by atoms with Crippen LogP contribution >= 0.6 is 0 Å². The molecule has 8 heavy (non-hydrogen) atoms. The number of ether oxygens (including phenoxy) is 1. The predicted molar refractivity (Wildman–Crippen MR) is 34.7 cm³/mol. The highest BCUT2D eigenvalue weighted by Gasteiger charge is 1.73. The van der Waals surface area contributed by atoms with Crippen LogP contribution in [0.4, 0.5) is 0 Å². The summed E-state index contributed by atoms with van der Waals surface area (Å²) in [5.74, 6) is 0. The number of methoxy groups -OCH3 is 1. The molecule has 0 aromatic heterocycles. The van der Waals surface area contributed by atoms with E-state index in [1.807, 2.05) is 12.2 Å². The summed E-state index contributed by atoms with van der Waals surface area (Å²) >= 11 is 0. The molecule has 2 nitrogen and oxygen atoms in total. The van der Waals surface area contributed by atoms with Gasteiger partial charge in [-0.05, 0) is 6.42 Å². The molecule has 0 fully saturated rings. The monoisotopic (exact) mass is 115 g/mol. The third-order valence-corrected chi connectivity index (χ3v) is 0.791. The SMILES string of the molecule is COCCC=CCN. The van der Waals surface area contributed by atoms with Crippen molar-refractivity contribution in [2.45, 2.75) is 6.42 Å². The van der Waals surface area contributed by atoms with Crippen LogP contribution in [0.5, 0.6) is 0 Å². The van der Waals surface area contributed by atoms with Crippen molar-refractivity contribution in [3.8, 4) is 0 Å². The van der Waals surface area contributed by atoms with Crippen LogP contribution in [0.25, 0.3) is 0 Å². The summed E-state index contributed by atoms with van der Waals surface area (Å²) in [6.45, 7) is 1.42. The van der Waals surface area contributed by atoms with E-state index in [9.17, 15) is 0 Å². The highest BCUT2D eigenvalue weighted by molar-refractivity contribution is 4.81. The number of nitrogens with two attached hydrogens (primary N) is 1. The lowest BCUT2D eigenvalue weighted by molar-refractivity contribution is 0.204. The van der Waals surface area contributed by atoms with Crippen LogP contribution in [-0.2, 0) is 4.74 Å². The Morgan fingerprint density at radius 3 is 2.75 bits per heavy atom. The molecule has 0 amide bonds. The zero-order valence-electron chi connectivity index (χ0n) is 5.26. The molecule has 0 saturated heterocycles. The van der Waals surface area contributed by atoms with Crippen molar-refractivity contribution in [3.63, 3.8) is 0 Å². The molecule has 0 aromatic carbocycles. The van der Waals surface area contributed by atoms with Gasteiger partial charge in [-0.15, -0.1) is 0 Å². The second kappa shape index (κ2) is 6.66. The van der Waals surface area contributed by atoms with Crippen molar-refractivity contribution in [1.82, 2.24) is 0 Å². The molecule has 0 aliphatic heterocycles. The summed E-state index contributed by atoms with van der Waals surface area (Å²) < 4.78 is 4.80. The normalized spacial score (nSPS) is 10.8. The topological polar surface area (TPSA) is 35.2 Å². The fourth-order valence-corrected chi connectivity index (χ4v) is 0.400. The summed E-state index contributed by atoms with van der Waals surface area (Å²) in [6, 6.07) is 0. The Kier molecular flexibility index (Phi) is 6.38. The van der Waals surface area contributed by atoms with Crippen molar-refractivity contribution in [3.05, 3.63) is 12.2 Å². The fraction of sp³-hybridized carbons (Fsp3) is 0.667. The minimum Gasteiger partial charge on any atom is -0.384 e. The van der Waals surface area contributed by atoms with Crippen molar-refractivity contribution in [2.24, 2.45) is 5.73 Å². The molecule has 0 aromatic rings. The Labute approximate surface area is 50.3 Å². The van der Waals surface area contributed by atoms with Crippen molar-refractivity contribution >= 4 is 0 Å². The Morgan fingerprint density at radius 1 is 1.50 bits per heavy atom. The molecular weight excluding hydrogens is 102 g/mol. The highest BCUT2D eigenvalue weighted by atomic mass is 16.5. The smallest absolute Gasteiger partial charge is 0.0496 e. The number of hydrogen-bond acceptors (Lipinski definition) is 2. The quantitative estimate of drug-likeness (QED) is 0.428. The molecule has 2 heteroatoms. The summed E-state index contributed by atoms with van der Waals surface area (Å²) in [5.41, 5.74) is 5.18. The molecule has 0 aliphatic rings. The largest absolute Gasteiger partial charge is 0.384 e. The molecular formula is C6H13NO. The highest BCUT2D eigenvalue weighted by Crippen LogP contribution is 1.80. The first kappa shape index (κ1) is 7.66. The van der Waals surface area contributed by atoms with E-state index in [2.05, 4.69) is 0 Å². The number of rotatable bonds is 4. The summed E-state index contributed by atoms with van der Waals surface area (Å²) in [7, 11) is 1.69. The van der Waals surface area contributed by atoms with E-state index >= 15 is 0 Å². The first-order valence-corrected chi connectivity index (χ1v) is 2.76. The van der Waals surface area contributed by atoms with Gasteiger partial charge < -0.3 is 10.5 Å². The van der Waals surface area contributed by atoms with Crippen molar-refractivity contribution in [2.75, 3.05) is 20.3 Å². The molecule has 0 aliphatic carbocycles. The second-order valence-corrected chi connectivity index (χ2v) is 1.49. The maximum absolute atomic E-state index is 5.18. The van der Waals surface area contributed by atoms with Crippen LogP contribution in [0.15, 0.2) is 12.2 Å². The number of hydrogen-bond donors (Lipinski definition) is 1. The van der Waals surface area contributed by atoms with Gasteiger partial charge in [0.1, 0.15) is 0 Å². The van der Waals surface area contributed by atoms with Gasteiger partial charge in [0.15, 0.2) is 0 Å². The Bertz CT molecular complexity index is 61.5. The summed E-state index contributed by atoms with van der Waals surface area (Å²) in [6.07, 6.45) is 4.91. The average molecular weight is 115 g/mol. The molecule has 0 rings (SSSR count). The molecule has 48 valence electrons. The van der Waals surface area contributed by atoms with Gasteiger partial charge >= 0.3 is 0 Å². The molecule has 0 saturated carbocycles. The standard InChI is InChI=1S/C6H13NO/c1-8-6-4-2-3-5-7/h2-3H,4-7H2,1H3. The zero-order chi connectivity index (χ0) is 6.24. The van der Waals surface area contributed by atoms with Crippen LogP contribution in [0.1, 0.15) is 6.42 Å². The van der Waals surface area contributed by atoms with Gasteiger partial charge in [-0.2, -0.15) is 0 Å². The van der Waals surface area contributed by atoms with E-state index in [-0.39, 0.29) is 0 Å². The van der Waals surface area contributed by atoms with Crippen LogP contribution in [-0.4, -0.2) is 20.3 Å². The van der Waals surface area contributed by atoms with E-state index in [1.54, 1.807) is 7.11 Å². The second-order valence-electron chi connectivity index (χ2n) is 1.49. The lowest BCUT2D eigenvalue weighted by atomic mass is 10.4. The zero-order valence-corrected chi connectivity index (χ0v) is 5.26. The maximum atomic E-state index is 5.18. The van der Waals surface area contributed by atoms with Gasteiger partial charge in [0.2, 0.25) is 0 Å². The van der Waals surface area contributed by atoms with Crippen LogP contribution in [0.3, 0.4) is 0 Å². The minimum atomic E-state index is 0.629. The molecule has 0 radical (unpaired) electrons. The average Bonchev–Trinajstić information content (AvgIpc) is 1.81. The van der Waals surface area contributed by atoms with Crippen LogP contribution in [0.2, 0.25) is 0 Å². The van der Waals surface area contributed by atoms with Crippen molar-refractivity contribution < 1.29 is 4.74 Å². The van der Waals surface area contributed by atoms with Gasteiger partial charge in [0.05, 0.1) is 0 Å². The van der Waals surface area contributed by atoms with E-state index in [0.717, 1.165) is 13.0 Å². The van der Waals surface area contributed by atoms with Gasteiger partial charge in [-0.3, -0.25) is 0 Å². The Balaban J connectivity index is 2.80. The van der Waals surface area contributed by atoms with E-state index in [1.165, 1.54) is 0 Å². The van der Waals surface area contributed by atoms with Gasteiger partial charge in [-0.1, -0.05) is 12.2 Å². The van der Waals surface area contributed by atoms with E-state index in [0.29, 0.717) is 6.54 Å². The molecule has 0 heterocycles. The summed E-state index contributed by atoms with van der Waals surface area (Å²) in [4.78, 5) is 0. The van der Waals surface area contributed by atoms with Gasteiger partial charge in [0, 0.05) is 20.3 Å². The van der Waals surface area contributed by atoms with Crippen LogP contribution in [0, 0.1) is 0 Å². The first-order valence-electron chi connectivity index (χ1n) is 2.76. The first-order chi connectivity index (χ1) is 3.91. The van der Waals surface area contributed by atoms with E-state index in [4.69, 9.17) is 10.5 Å². The lowest BCUT2D eigenvalue weighted by Crippen LogP contribution is -1.92. The van der Waals surface area contributed by atoms with Gasteiger partial charge in [0.25, 0.3) is 0 Å². The molecule has 0 spiro atoms. The molecule has 0 atom stereocenters.